The molecule has 0 saturated carbocycles. The maximum Gasteiger partial charge on any atom is 0.256 e. The molecule has 0 aliphatic carbocycles. The predicted octanol–water partition coefficient (Wildman–Crippen LogP) is 3.03. The number of rotatable bonds is 3. The molecule has 2 heterocycles. The van der Waals surface area contributed by atoms with Crippen LogP contribution in [-0.2, 0) is 9.59 Å². The van der Waals surface area contributed by atoms with Crippen LogP contribution in [0.1, 0.15) is 34.3 Å². The summed E-state index contributed by atoms with van der Waals surface area (Å²) < 4.78 is 14.0. The van der Waals surface area contributed by atoms with Gasteiger partial charge in [0, 0.05) is 12.2 Å². The van der Waals surface area contributed by atoms with Crippen LogP contribution in [0.15, 0.2) is 36.4 Å². The maximum absolute atomic E-state index is 14.0. The molecule has 2 aliphatic rings. The zero-order valence-electron chi connectivity index (χ0n) is 16.4. The van der Waals surface area contributed by atoms with E-state index in [0.29, 0.717) is 18.7 Å². The number of anilines is 2. The number of amides is 3. The molecule has 3 amide bonds. The Bertz CT molecular complexity index is 1020. The molecule has 2 aromatic carbocycles. The summed E-state index contributed by atoms with van der Waals surface area (Å²) in [5.74, 6) is -1.61. The largest absolute Gasteiger partial charge is 0.327 e. The van der Waals surface area contributed by atoms with Gasteiger partial charge < -0.3 is 15.1 Å². The van der Waals surface area contributed by atoms with E-state index in [1.165, 1.54) is 21.9 Å². The minimum atomic E-state index is -0.619. The first-order chi connectivity index (χ1) is 13.8. The Morgan fingerprint density at radius 1 is 1.17 bits per heavy atom. The van der Waals surface area contributed by atoms with Gasteiger partial charge in [0.1, 0.15) is 18.4 Å². The summed E-state index contributed by atoms with van der Waals surface area (Å²) >= 11 is 0. The van der Waals surface area contributed by atoms with Gasteiger partial charge in [-0.2, -0.15) is 0 Å². The molecule has 1 N–H and O–H groups in total. The Balaban J connectivity index is 1.67. The van der Waals surface area contributed by atoms with Crippen molar-refractivity contribution >= 4 is 29.1 Å². The van der Waals surface area contributed by atoms with E-state index in [-0.39, 0.29) is 29.6 Å². The first-order valence-electron chi connectivity index (χ1n) is 9.64. The number of carbonyl (C=O) groups excluding carboxylic acids is 3. The topological polar surface area (TPSA) is 69.7 Å². The normalized spacial score (nSPS) is 18.4. The van der Waals surface area contributed by atoms with Crippen molar-refractivity contribution in [2.75, 3.05) is 23.3 Å². The lowest BCUT2D eigenvalue weighted by Gasteiger charge is -2.25. The molecule has 2 aromatic rings. The van der Waals surface area contributed by atoms with Gasteiger partial charge in [-0.1, -0.05) is 12.1 Å². The number of nitrogens with zero attached hydrogens (tertiary/aromatic N) is 2. The summed E-state index contributed by atoms with van der Waals surface area (Å²) in [6.07, 6.45) is 1.26. The van der Waals surface area contributed by atoms with E-state index < -0.39 is 17.8 Å². The second kappa shape index (κ2) is 7.31. The van der Waals surface area contributed by atoms with Gasteiger partial charge in [0.05, 0.1) is 11.3 Å². The number of halogens is 1. The fourth-order valence-electron chi connectivity index (χ4n) is 4.00. The molecular weight excluding hydrogens is 373 g/mol. The lowest BCUT2D eigenvalue weighted by molar-refractivity contribution is -0.124. The second-order valence-electron chi connectivity index (χ2n) is 7.61. The van der Waals surface area contributed by atoms with Gasteiger partial charge >= 0.3 is 0 Å². The number of hydrogen-bond acceptors (Lipinski definition) is 3. The van der Waals surface area contributed by atoms with Crippen molar-refractivity contribution in [2.24, 2.45) is 0 Å². The molecule has 0 radical (unpaired) electrons. The van der Waals surface area contributed by atoms with Gasteiger partial charge in [-0.25, -0.2) is 4.39 Å². The van der Waals surface area contributed by atoms with E-state index in [1.807, 2.05) is 32.0 Å². The first-order valence-corrected chi connectivity index (χ1v) is 9.64. The lowest BCUT2D eigenvalue weighted by atomic mass is 10.1. The average molecular weight is 395 g/mol. The van der Waals surface area contributed by atoms with E-state index in [4.69, 9.17) is 0 Å². The summed E-state index contributed by atoms with van der Waals surface area (Å²) in [5, 5.41) is 2.83. The monoisotopic (exact) mass is 395 g/mol. The fourth-order valence-corrected chi connectivity index (χ4v) is 4.00. The van der Waals surface area contributed by atoms with Crippen molar-refractivity contribution in [3.05, 3.63) is 58.9 Å². The molecule has 1 atom stereocenters. The summed E-state index contributed by atoms with van der Waals surface area (Å²) in [5.41, 5.74) is 2.94. The minimum absolute atomic E-state index is 0.144. The SMILES string of the molecule is Cc1ccc(C)c(NC(=O)CN2C(=O)[C@H]3CCCN3C(=O)c3ccc(F)cc32)c1. The Morgan fingerprint density at radius 3 is 2.76 bits per heavy atom. The van der Waals surface area contributed by atoms with E-state index in [2.05, 4.69) is 5.32 Å². The third kappa shape index (κ3) is 3.48. The second-order valence-corrected chi connectivity index (χ2v) is 7.61. The molecule has 0 spiro atoms. The van der Waals surface area contributed by atoms with Crippen molar-refractivity contribution in [2.45, 2.75) is 32.7 Å². The van der Waals surface area contributed by atoms with Crippen LogP contribution in [0, 0.1) is 19.7 Å². The van der Waals surface area contributed by atoms with E-state index in [0.717, 1.165) is 23.6 Å². The molecule has 7 heteroatoms. The summed E-state index contributed by atoms with van der Waals surface area (Å²) in [6, 6.07) is 8.82. The van der Waals surface area contributed by atoms with Gasteiger partial charge in [0.2, 0.25) is 11.8 Å². The van der Waals surface area contributed by atoms with Crippen molar-refractivity contribution < 1.29 is 18.8 Å². The number of aryl methyl sites for hydroxylation is 2. The van der Waals surface area contributed by atoms with Crippen LogP contribution in [0.25, 0.3) is 0 Å². The number of carbonyl (C=O) groups is 3. The van der Waals surface area contributed by atoms with E-state index in [1.54, 1.807) is 0 Å². The number of benzene rings is 2. The smallest absolute Gasteiger partial charge is 0.256 e. The summed E-state index contributed by atoms with van der Waals surface area (Å²) in [7, 11) is 0. The molecule has 29 heavy (non-hydrogen) atoms. The highest BCUT2D eigenvalue weighted by molar-refractivity contribution is 6.13. The Hall–Kier alpha value is -3.22. The minimum Gasteiger partial charge on any atom is -0.327 e. The van der Waals surface area contributed by atoms with Gasteiger partial charge in [0.25, 0.3) is 5.91 Å². The quantitative estimate of drug-likeness (QED) is 0.869. The molecule has 0 bridgehead atoms. The van der Waals surface area contributed by atoms with Crippen molar-refractivity contribution in [3.8, 4) is 0 Å². The van der Waals surface area contributed by atoms with Crippen molar-refractivity contribution in [1.29, 1.82) is 0 Å². The van der Waals surface area contributed by atoms with Crippen LogP contribution in [0.4, 0.5) is 15.8 Å². The number of fused-ring (bicyclic) bond motifs is 2. The zero-order chi connectivity index (χ0) is 20.7. The highest BCUT2D eigenvalue weighted by atomic mass is 19.1. The Kier molecular flexibility index (Phi) is 4.82. The summed E-state index contributed by atoms with van der Waals surface area (Å²) in [6.45, 7) is 3.99. The molecule has 0 unspecified atom stereocenters. The Labute approximate surface area is 168 Å². The van der Waals surface area contributed by atoms with Crippen molar-refractivity contribution in [1.82, 2.24) is 4.90 Å². The molecular formula is C22H22FN3O3. The van der Waals surface area contributed by atoms with Crippen LogP contribution in [-0.4, -0.2) is 41.8 Å². The maximum atomic E-state index is 14.0. The fraction of sp³-hybridized carbons (Fsp3) is 0.318. The van der Waals surface area contributed by atoms with Gasteiger partial charge in [0.15, 0.2) is 0 Å². The third-order valence-electron chi connectivity index (χ3n) is 5.51. The van der Waals surface area contributed by atoms with Crippen LogP contribution >= 0.6 is 0 Å². The molecule has 1 saturated heterocycles. The van der Waals surface area contributed by atoms with Gasteiger partial charge in [-0.3, -0.25) is 14.4 Å². The third-order valence-corrected chi connectivity index (χ3v) is 5.51. The predicted molar refractivity (Wildman–Crippen MR) is 107 cm³/mol. The molecule has 1 fully saturated rings. The van der Waals surface area contributed by atoms with Crippen LogP contribution in [0.2, 0.25) is 0 Å². The molecule has 0 aromatic heterocycles. The van der Waals surface area contributed by atoms with Crippen LogP contribution in [0.3, 0.4) is 0 Å². The summed E-state index contributed by atoms with van der Waals surface area (Å²) in [4.78, 5) is 41.6. The van der Waals surface area contributed by atoms with Crippen molar-refractivity contribution in [3.63, 3.8) is 0 Å². The van der Waals surface area contributed by atoms with E-state index in [9.17, 15) is 18.8 Å². The highest BCUT2D eigenvalue weighted by Gasteiger charge is 2.42. The molecule has 2 aliphatic heterocycles. The molecule has 150 valence electrons. The number of hydrogen-bond donors (Lipinski definition) is 1. The molecule has 4 rings (SSSR count). The van der Waals surface area contributed by atoms with Crippen LogP contribution < -0.4 is 10.2 Å². The standard InChI is InChI=1S/C22H22FN3O3/c1-13-5-6-14(2)17(10-13)24-20(27)12-26-19-11-15(23)7-8-16(19)21(28)25-9-3-4-18(25)22(26)29/h5-8,10-11,18H,3-4,9,12H2,1-2H3,(H,24,27)/t18-/m1/s1. The number of nitrogens with one attached hydrogen (secondary N) is 1. The average Bonchev–Trinajstić information content (AvgIpc) is 3.15. The first kappa shape index (κ1) is 19.1. The molecule has 6 nitrogen and oxygen atoms in total. The van der Waals surface area contributed by atoms with Crippen LogP contribution in [0.5, 0.6) is 0 Å². The zero-order valence-corrected chi connectivity index (χ0v) is 16.4. The van der Waals surface area contributed by atoms with E-state index >= 15 is 0 Å². The lowest BCUT2D eigenvalue weighted by Crippen LogP contribution is -2.47. The van der Waals surface area contributed by atoms with Gasteiger partial charge in [-0.15, -0.1) is 0 Å². The highest BCUT2D eigenvalue weighted by Crippen LogP contribution is 2.33. The van der Waals surface area contributed by atoms with Gasteiger partial charge in [-0.05, 0) is 62.1 Å². The Morgan fingerprint density at radius 2 is 1.97 bits per heavy atom.